The molecule has 0 bridgehead atoms. The van der Waals surface area contributed by atoms with Crippen LogP contribution >= 0.6 is 0 Å². The number of rotatable bonds is 4. The summed E-state index contributed by atoms with van der Waals surface area (Å²) in [7, 11) is 0. The summed E-state index contributed by atoms with van der Waals surface area (Å²) in [6.45, 7) is 29.2. The van der Waals surface area contributed by atoms with Crippen molar-refractivity contribution in [2.24, 2.45) is 0 Å². The van der Waals surface area contributed by atoms with Crippen molar-refractivity contribution in [2.45, 2.75) is 129 Å². The molecule has 0 aromatic carbocycles. The van der Waals surface area contributed by atoms with E-state index in [4.69, 9.17) is 0 Å². The molecule has 3 aliphatic rings. The Morgan fingerprint density at radius 2 is 0.821 bits per heavy atom. The minimum atomic E-state index is 0.304. The highest BCUT2D eigenvalue weighted by atomic mass is 15.4. The van der Waals surface area contributed by atoms with Gasteiger partial charge in [0.05, 0.1) is 0 Å². The first-order chi connectivity index (χ1) is 12.9. The molecule has 0 amide bonds. The quantitative estimate of drug-likeness (QED) is 0.719. The van der Waals surface area contributed by atoms with Crippen LogP contribution < -0.4 is 0 Å². The summed E-state index contributed by atoms with van der Waals surface area (Å²) in [5.74, 6) is 0. The van der Waals surface area contributed by atoms with Gasteiger partial charge in [-0.2, -0.15) is 0 Å². The highest BCUT2D eigenvalue weighted by molar-refractivity contribution is 5.18. The third-order valence-electron chi connectivity index (χ3n) is 8.82. The SMILES string of the molecule is CC(C)N1[C@H](C)CN(C2(C)CCC2(C)N2C[C@H](C)N(C(C)C)[C@@H](C)C2)C[C@H]1C. The molecule has 3 rings (SSSR count). The van der Waals surface area contributed by atoms with Gasteiger partial charge in [-0.15, -0.1) is 0 Å². The maximum atomic E-state index is 2.87. The molecule has 0 radical (unpaired) electrons. The van der Waals surface area contributed by atoms with Crippen LogP contribution in [0.2, 0.25) is 0 Å². The van der Waals surface area contributed by atoms with Gasteiger partial charge in [-0.25, -0.2) is 0 Å². The Morgan fingerprint density at radius 3 is 1.00 bits per heavy atom. The molecule has 0 N–H and O–H groups in total. The molecule has 2 unspecified atom stereocenters. The van der Waals surface area contributed by atoms with Gasteiger partial charge in [-0.3, -0.25) is 19.6 Å². The summed E-state index contributed by atoms with van der Waals surface area (Å²) in [4.78, 5) is 11.2. The molecule has 2 saturated heterocycles. The van der Waals surface area contributed by atoms with Crippen molar-refractivity contribution in [3.05, 3.63) is 0 Å². The third-order valence-corrected chi connectivity index (χ3v) is 8.82. The summed E-state index contributed by atoms with van der Waals surface area (Å²) < 4.78 is 0. The summed E-state index contributed by atoms with van der Waals surface area (Å²) in [6.07, 6.45) is 2.69. The van der Waals surface area contributed by atoms with Crippen molar-refractivity contribution in [1.82, 2.24) is 19.6 Å². The molecule has 0 aromatic rings. The van der Waals surface area contributed by atoms with Crippen LogP contribution in [0.3, 0.4) is 0 Å². The van der Waals surface area contributed by atoms with Crippen LogP contribution in [0.5, 0.6) is 0 Å². The average Bonchev–Trinajstić information content (AvgIpc) is 2.57. The standard InChI is InChI=1S/C24H48N4/c1-17(2)27-19(5)13-25(14-20(27)6)23(9)11-12-24(23,10)26-15-21(7)28(18(3)4)22(8)16-26/h17-22H,11-16H2,1-10H3/t19-,20-,21+,22+,23?,24?. The van der Waals surface area contributed by atoms with E-state index in [-0.39, 0.29) is 0 Å². The Kier molecular flexibility index (Phi) is 6.30. The molecule has 0 aromatic heterocycles. The van der Waals surface area contributed by atoms with Crippen molar-refractivity contribution in [1.29, 1.82) is 0 Å². The van der Waals surface area contributed by atoms with Crippen molar-refractivity contribution in [2.75, 3.05) is 26.2 Å². The van der Waals surface area contributed by atoms with Crippen LogP contribution in [-0.2, 0) is 0 Å². The topological polar surface area (TPSA) is 13.0 Å². The molecule has 164 valence electrons. The molecule has 6 atom stereocenters. The van der Waals surface area contributed by atoms with E-state index >= 15 is 0 Å². The van der Waals surface area contributed by atoms with Crippen LogP contribution in [0.1, 0.15) is 82.1 Å². The van der Waals surface area contributed by atoms with Gasteiger partial charge >= 0.3 is 0 Å². The zero-order chi connectivity index (χ0) is 21.0. The molecule has 2 heterocycles. The first-order valence-electron chi connectivity index (χ1n) is 12.0. The summed E-state index contributed by atoms with van der Waals surface area (Å²) in [5.41, 5.74) is 0.607. The maximum absolute atomic E-state index is 2.87. The third kappa shape index (κ3) is 3.46. The highest BCUT2D eigenvalue weighted by Crippen LogP contribution is 2.52. The van der Waals surface area contributed by atoms with Crippen LogP contribution in [0.4, 0.5) is 0 Å². The van der Waals surface area contributed by atoms with Crippen molar-refractivity contribution in [3.63, 3.8) is 0 Å². The Morgan fingerprint density at radius 1 is 0.571 bits per heavy atom. The van der Waals surface area contributed by atoms with E-state index < -0.39 is 0 Å². The molecule has 4 nitrogen and oxygen atoms in total. The van der Waals surface area contributed by atoms with Gasteiger partial charge in [0.2, 0.25) is 0 Å². The van der Waals surface area contributed by atoms with Crippen LogP contribution in [0.15, 0.2) is 0 Å². The van der Waals surface area contributed by atoms with Gasteiger partial charge in [0.1, 0.15) is 0 Å². The van der Waals surface area contributed by atoms with Crippen LogP contribution in [0, 0.1) is 0 Å². The Bertz CT molecular complexity index is 477. The van der Waals surface area contributed by atoms with E-state index in [1.807, 2.05) is 0 Å². The molecule has 1 aliphatic carbocycles. The normalized spacial score (nSPS) is 45.0. The maximum Gasteiger partial charge on any atom is 0.0364 e. The van der Waals surface area contributed by atoms with Gasteiger partial charge < -0.3 is 0 Å². The molecule has 3 fully saturated rings. The van der Waals surface area contributed by atoms with Gasteiger partial charge in [0.25, 0.3) is 0 Å². The number of nitrogens with zero attached hydrogens (tertiary/aromatic N) is 4. The lowest BCUT2D eigenvalue weighted by Crippen LogP contribution is -2.80. The second-order valence-electron chi connectivity index (χ2n) is 11.3. The summed E-state index contributed by atoms with van der Waals surface area (Å²) in [6, 6.07) is 3.83. The van der Waals surface area contributed by atoms with E-state index in [1.165, 1.54) is 39.0 Å². The minimum absolute atomic E-state index is 0.304. The predicted octanol–water partition coefficient (Wildman–Crippen LogP) is 3.90. The van der Waals surface area contributed by atoms with Gasteiger partial charge in [-0.1, -0.05) is 0 Å². The first-order valence-corrected chi connectivity index (χ1v) is 12.0. The Balaban J connectivity index is 1.77. The van der Waals surface area contributed by atoms with Gasteiger partial charge in [0, 0.05) is 73.5 Å². The van der Waals surface area contributed by atoms with E-state index in [0.717, 1.165) is 0 Å². The van der Waals surface area contributed by atoms with Crippen LogP contribution in [-0.4, -0.2) is 93.1 Å². The molecule has 0 spiro atoms. The van der Waals surface area contributed by atoms with Crippen molar-refractivity contribution in [3.8, 4) is 0 Å². The fourth-order valence-corrected chi connectivity index (χ4v) is 7.36. The molecule has 28 heavy (non-hydrogen) atoms. The average molecular weight is 393 g/mol. The van der Waals surface area contributed by atoms with E-state index in [2.05, 4.69) is 88.8 Å². The monoisotopic (exact) mass is 392 g/mol. The second-order valence-corrected chi connectivity index (χ2v) is 11.3. The van der Waals surface area contributed by atoms with Crippen molar-refractivity contribution < 1.29 is 0 Å². The van der Waals surface area contributed by atoms with Gasteiger partial charge in [0.15, 0.2) is 0 Å². The lowest BCUT2D eigenvalue weighted by Gasteiger charge is -2.69. The first kappa shape index (κ1) is 22.5. The van der Waals surface area contributed by atoms with Crippen molar-refractivity contribution >= 4 is 0 Å². The predicted molar refractivity (Wildman–Crippen MR) is 121 cm³/mol. The lowest BCUT2D eigenvalue weighted by molar-refractivity contribution is -0.172. The summed E-state index contributed by atoms with van der Waals surface area (Å²) in [5, 5.41) is 0. The van der Waals surface area contributed by atoms with Crippen LogP contribution in [0.25, 0.3) is 0 Å². The molecule has 4 heteroatoms. The zero-order valence-electron chi connectivity index (χ0n) is 20.5. The largest absolute Gasteiger partial charge is 0.293 e. The summed E-state index contributed by atoms with van der Waals surface area (Å²) >= 11 is 0. The smallest absolute Gasteiger partial charge is 0.0364 e. The Labute approximate surface area is 175 Å². The number of hydrogen-bond acceptors (Lipinski definition) is 4. The molecule has 1 saturated carbocycles. The fraction of sp³-hybridized carbons (Fsp3) is 1.00. The Hall–Kier alpha value is -0.160. The molecular weight excluding hydrogens is 344 g/mol. The second kappa shape index (κ2) is 7.83. The van der Waals surface area contributed by atoms with E-state index in [0.29, 0.717) is 47.3 Å². The molecular formula is C24H48N4. The zero-order valence-corrected chi connectivity index (χ0v) is 20.5. The number of piperazine rings is 2. The van der Waals surface area contributed by atoms with E-state index in [9.17, 15) is 0 Å². The lowest BCUT2D eigenvalue weighted by atomic mass is 9.59. The molecule has 2 aliphatic heterocycles. The highest BCUT2D eigenvalue weighted by Gasteiger charge is 2.60. The fourth-order valence-electron chi connectivity index (χ4n) is 7.36. The van der Waals surface area contributed by atoms with Gasteiger partial charge in [-0.05, 0) is 82.1 Å². The minimum Gasteiger partial charge on any atom is -0.293 e. The number of hydrogen-bond donors (Lipinski definition) is 0. The van der Waals surface area contributed by atoms with E-state index in [1.54, 1.807) is 0 Å².